The number of hydrogen-bond acceptors (Lipinski definition) is 3. The van der Waals surface area contributed by atoms with E-state index >= 15 is 0 Å². The average molecular weight is 283 g/mol. The van der Waals surface area contributed by atoms with Crippen LogP contribution >= 0.6 is 11.6 Å². The molecule has 2 rings (SSSR count). The molecule has 0 aliphatic carbocycles. The zero-order chi connectivity index (χ0) is 13.8. The first-order chi connectivity index (χ1) is 9.11. The number of nitrogens with zero attached hydrogens (tertiary/aromatic N) is 1. The van der Waals surface area contributed by atoms with Crippen molar-refractivity contribution < 1.29 is 9.90 Å². The molecule has 5 heteroatoms. The number of carbonyl (C=O) groups is 1. The number of nitrogens with one attached hydrogen (secondary N) is 1. The van der Waals surface area contributed by atoms with Crippen LogP contribution in [0.4, 0.5) is 0 Å². The van der Waals surface area contributed by atoms with Gasteiger partial charge in [0, 0.05) is 18.2 Å². The summed E-state index contributed by atoms with van der Waals surface area (Å²) in [6, 6.07) is 4.92. The number of benzene rings is 1. The van der Waals surface area contributed by atoms with Crippen LogP contribution in [0.3, 0.4) is 0 Å². The van der Waals surface area contributed by atoms with E-state index in [2.05, 4.69) is 17.1 Å². The summed E-state index contributed by atoms with van der Waals surface area (Å²) >= 11 is 5.79. The number of rotatable bonds is 4. The monoisotopic (exact) mass is 282 g/mol. The first-order valence-corrected chi connectivity index (χ1v) is 7.00. The van der Waals surface area contributed by atoms with Crippen LogP contribution in [0.2, 0.25) is 5.02 Å². The second-order valence-electron chi connectivity index (χ2n) is 4.80. The molecular formula is C14H19ClN2O2. The minimum absolute atomic E-state index is 0.00818. The van der Waals surface area contributed by atoms with Crippen molar-refractivity contribution in [1.29, 1.82) is 0 Å². The van der Waals surface area contributed by atoms with E-state index in [9.17, 15) is 9.90 Å². The molecule has 0 bridgehead atoms. The van der Waals surface area contributed by atoms with Gasteiger partial charge >= 0.3 is 0 Å². The molecule has 1 aromatic carbocycles. The zero-order valence-electron chi connectivity index (χ0n) is 11.0. The highest BCUT2D eigenvalue weighted by Gasteiger charge is 2.23. The van der Waals surface area contributed by atoms with Crippen LogP contribution in [0.5, 0.6) is 5.75 Å². The fraction of sp³-hybridized carbons (Fsp3) is 0.500. The third-order valence-corrected chi connectivity index (χ3v) is 3.92. The molecule has 1 aliphatic rings. The molecule has 1 unspecified atom stereocenters. The minimum atomic E-state index is -0.148. The molecule has 1 fully saturated rings. The average Bonchev–Trinajstić information content (AvgIpc) is 2.86. The standard InChI is InChI=1S/C14H19ClN2O2/c1-2-17-7-3-4-11(17)9-16-14(19)10-5-6-13(18)12(15)8-10/h5-6,8,11,18H,2-4,7,9H2,1H3,(H,16,19). The van der Waals surface area contributed by atoms with Crippen LogP contribution in [-0.2, 0) is 0 Å². The molecule has 1 saturated heterocycles. The van der Waals surface area contributed by atoms with E-state index in [1.54, 1.807) is 6.07 Å². The van der Waals surface area contributed by atoms with Gasteiger partial charge in [0.1, 0.15) is 5.75 Å². The van der Waals surface area contributed by atoms with Gasteiger partial charge in [0.05, 0.1) is 5.02 Å². The summed E-state index contributed by atoms with van der Waals surface area (Å²) in [5.41, 5.74) is 0.476. The Balaban J connectivity index is 1.92. The Kier molecular flexibility index (Phi) is 4.66. The summed E-state index contributed by atoms with van der Waals surface area (Å²) in [5, 5.41) is 12.5. The maximum Gasteiger partial charge on any atom is 0.251 e. The molecule has 1 aliphatic heterocycles. The summed E-state index contributed by atoms with van der Waals surface area (Å²) in [4.78, 5) is 14.4. The Hall–Kier alpha value is -1.26. The molecule has 0 aromatic heterocycles. The smallest absolute Gasteiger partial charge is 0.251 e. The lowest BCUT2D eigenvalue weighted by Gasteiger charge is -2.22. The van der Waals surface area contributed by atoms with E-state index in [-0.39, 0.29) is 16.7 Å². The van der Waals surface area contributed by atoms with Gasteiger partial charge in [0.15, 0.2) is 0 Å². The summed E-state index contributed by atoms with van der Waals surface area (Å²) in [6.07, 6.45) is 2.32. The molecule has 19 heavy (non-hydrogen) atoms. The highest BCUT2D eigenvalue weighted by Crippen LogP contribution is 2.23. The Bertz CT molecular complexity index is 465. The highest BCUT2D eigenvalue weighted by atomic mass is 35.5. The number of phenols is 1. The van der Waals surface area contributed by atoms with Crippen LogP contribution < -0.4 is 5.32 Å². The Morgan fingerprint density at radius 1 is 1.58 bits per heavy atom. The van der Waals surface area contributed by atoms with Crippen molar-refractivity contribution in [3.05, 3.63) is 28.8 Å². The van der Waals surface area contributed by atoms with Crippen molar-refractivity contribution in [2.45, 2.75) is 25.8 Å². The summed E-state index contributed by atoms with van der Waals surface area (Å²) in [5.74, 6) is -0.156. The number of likely N-dealkylation sites (tertiary alicyclic amines) is 1. The topological polar surface area (TPSA) is 52.6 Å². The van der Waals surface area contributed by atoms with Crippen molar-refractivity contribution in [2.24, 2.45) is 0 Å². The molecule has 2 N–H and O–H groups in total. The zero-order valence-corrected chi connectivity index (χ0v) is 11.8. The summed E-state index contributed by atoms with van der Waals surface area (Å²) < 4.78 is 0. The largest absolute Gasteiger partial charge is 0.506 e. The first-order valence-electron chi connectivity index (χ1n) is 6.62. The van der Waals surface area contributed by atoms with Gasteiger partial charge in [-0.15, -0.1) is 0 Å². The molecule has 1 aromatic rings. The van der Waals surface area contributed by atoms with Crippen LogP contribution in [0.15, 0.2) is 18.2 Å². The van der Waals surface area contributed by atoms with Gasteiger partial charge in [-0.2, -0.15) is 0 Å². The normalized spacial score (nSPS) is 19.6. The summed E-state index contributed by atoms with van der Waals surface area (Å²) in [7, 11) is 0. The molecule has 1 amide bonds. The molecule has 4 nitrogen and oxygen atoms in total. The maximum atomic E-state index is 12.0. The van der Waals surface area contributed by atoms with Crippen molar-refractivity contribution in [3.63, 3.8) is 0 Å². The Morgan fingerprint density at radius 2 is 2.37 bits per heavy atom. The second-order valence-corrected chi connectivity index (χ2v) is 5.21. The van der Waals surface area contributed by atoms with E-state index in [1.807, 2.05) is 0 Å². The maximum absolute atomic E-state index is 12.0. The SMILES string of the molecule is CCN1CCCC1CNC(=O)c1ccc(O)c(Cl)c1. The minimum Gasteiger partial charge on any atom is -0.506 e. The molecule has 1 heterocycles. The fourth-order valence-corrected chi connectivity index (χ4v) is 2.68. The number of aromatic hydroxyl groups is 1. The lowest BCUT2D eigenvalue weighted by molar-refractivity contribution is 0.0941. The van der Waals surface area contributed by atoms with Gasteiger partial charge in [0.25, 0.3) is 5.91 Å². The summed E-state index contributed by atoms with van der Waals surface area (Å²) in [6.45, 7) is 4.93. The third-order valence-electron chi connectivity index (χ3n) is 3.61. The van der Waals surface area contributed by atoms with Crippen LogP contribution in [0, 0.1) is 0 Å². The van der Waals surface area contributed by atoms with Gasteiger partial charge in [0.2, 0.25) is 0 Å². The van der Waals surface area contributed by atoms with E-state index in [0.29, 0.717) is 18.2 Å². The van der Waals surface area contributed by atoms with Crippen LogP contribution in [-0.4, -0.2) is 41.6 Å². The molecule has 0 saturated carbocycles. The van der Waals surface area contributed by atoms with Crippen molar-refractivity contribution in [3.8, 4) is 5.75 Å². The van der Waals surface area contributed by atoms with Crippen molar-refractivity contribution in [2.75, 3.05) is 19.6 Å². The van der Waals surface area contributed by atoms with Crippen LogP contribution in [0.25, 0.3) is 0 Å². The van der Waals surface area contributed by atoms with Gasteiger partial charge in [-0.3, -0.25) is 9.69 Å². The lowest BCUT2D eigenvalue weighted by atomic mass is 10.2. The number of likely N-dealkylation sites (N-methyl/N-ethyl adjacent to an activating group) is 1. The van der Waals surface area contributed by atoms with Gasteiger partial charge in [-0.25, -0.2) is 0 Å². The molecule has 0 spiro atoms. The van der Waals surface area contributed by atoms with E-state index in [0.717, 1.165) is 19.5 Å². The predicted octanol–water partition coefficient (Wildman–Crippen LogP) is 2.26. The van der Waals surface area contributed by atoms with Gasteiger partial charge in [-0.1, -0.05) is 18.5 Å². The highest BCUT2D eigenvalue weighted by molar-refractivity contribution is 6.32. The molecule has 1 atom stereocenters. The number of hydrogen-bond donors (Lipinski definition) is 2. The Morgan fingerprint density at radius 3 is 3.05 bits per heavy atom. The van der Waals surface area contributed by atoms with Gasteiger partial charge < -0.3 is 10.4 Å². The lowest BCUT2D eigenvalue weighted by Crippen LogP contribution is -2.40. The van der Waals surface area contributed by atoms with E-state index in [4.69, 9.17) is 11.6 Å². The Labute approximate surface area is 118 Å². The van der Waals surface area contributed by atoms with Crippen LogP contribution in [0.1, 0.15) is 30.1 Å². The number of phenolic OH excluding ortho intramolecular Hbond substituents is 1. The van der Waals surface area contributed by atoms with Gasteiger partial charge in [-0.05, 0) is 44.1 Å². The number of carbonyl (C=O) groups excluding carboxylic acids is 1. The predicted molar refractivity (Wildman–Crippen MR) is 75.7 cm³/mol. The first kappa shape index (κ1) is 14.2. The molecule has 104 valence electrons. The number of amides is 1. The molecular weight excluding hydrogens is 264 g/mol. The second kappa shape index (κ2) is 6.26. The van der Waals surface area contributed by atoms with E-state index < -0.39 is 0 Å². The third kappa shape index (κ3) is 3.39. The van der Waals surface area contributed by atoms with E-state index in [1.165, 1.54) is 18.6 Å². The fourth-order valence-electron chi connectivity index (χ4n) is 2.50. The van der Waals surface area contributed by atoms with Crippen molar-refractivity contribution >= 4 is 17.5 Å². The quantitative estimate of drug-likeness (QED) is 0.891. The molecule has 0 radical (unpaired) electrons. The number of halogens is 1. The van der Waals surface area contributed by atoms with Crippen molar-refractivity contribution in [1.82, 2.24) is 10.2 Å².